The van der Waals surface area contributed by atoms with E-state index >= 15 is 0 Å². The molecule has 194 valence electrons. The molecular weight excluding hydrogens is 436 g/mol. The molecule has 0 bridgehead atoms. The molecule has 0 saturated heterocycles. The van der Waals surface area contributed by atoms with Crippen molar-refractivity contribution in [2.75, 3.05) is 26.4 Å². The average Bonchev–Trinajstić information content (AvgIpc) is 3.62. The summed E-state index contributed by atoms with van der Waals surface area (Å²) in [7, 11) is 0. The molecule has 35 heavy (non-hydrogen) atoms. The highest BCUT2D eigenvalue weighted by atomic mass is 16.5. The lowest BCUT2D eigenvalue weighted by atomic mass is 9.80. The summed E-state index contributed by atoms with van der Waals surface area (Å²) in [6.45, 7) is 18.4. The summed E-state index contributed by atoms with van der Waals surface area (Å²) in [5.74, 6) is 3.18. The number of hydrogen-bond acceptors (Lipinski definition) is 4. The first-order valence-electron chi connectivity index (χ1n) is 13.4. The fourth-order valence-corrected chi connectivity index (χ4v) is 5.11. The van der Waals surface area contributed by atoms with Crippen LogP contribution in [0.15, 0.2) is 24.3 Å². The van der Waals surface area contributed by atoms with Crippen LogP contribution in [0.4, 0.5) is 0 Å². The molecule has 2 aromatic rings. The van der Waals surface area contributed by atoms with E-state index in [1.165, 1.54) is 33.4 Å². The maximum atomic E-state index is 9.40. The molecule has 0 heterocycles. The van der Waals surface area contributed by atoms with Crippen molar-refractivity contribution in [1.82, 2.24) is 0 Å². The molecule has 0 amide bonds. The van der Waals surface area contributed by atoms with Gasteiger partial charge in [0, 0.05) is 5.41 Å². The van der Waals surface area contributed by atoms with E-state index in [0.717, 1.165) is 24.3 Å². The zero-order valence-corrected chi connectivity index (χ0v) is 23.1. The second kappa shape index (κ2) is 11.3. The zero-order valence-electron chi connectivity index (χ0n) is 23.1. The van der Waals surface area contributed by atoms with E-state index in [2.05, 4.69) is 79.7 Å². The third-order valence-electron chi connectivity index (χ3n) is 7.31. The Labute approximate surface area is 212 Å². The molecule has 1 aliphatic carbocycles. The molecule has 2 aromatic carbocycles. The topological polar surface area (TPSA) is 58.9 Å². The highest BCUT2D eigenvalue weighted by molar-refractivity contribution is 5.58. The third-order valence-corrected chi connectivity index (χ3v) is 7.31. The highest BCUT2D eigenvalue weighted by Gasteiger charge is 2.47. The molecule has 1 saturated carbocycles. The van der Waals surface area contributed by atoms with Gasteiger partial charge in [-0.15, -0.1) is 0 Å². The quantitative estimate of drug-likeness (QED) is 0.342. The number of benzene rings is 2. The Morgan fingerprint density at radius 2 is 0.886 bits per heavy atom. The van der Waals surface area contributed by atoms with Crippen LogP contribution in [-0.4, -0.2) is 36.6 Å². The van der Waals surface area contributed by atoms with Gasteiger partial charge in [0.1, 0.15) is 24.7 Å². The fourth-order valence-electron chi connectivity index (χ4n) is 5.11. The lowest BCUT2D eigenvalue weighted by Crippen LogP contribution is -2.16. The van der Waals surface area contributed by atoms with E-state index in [9.17, 15) is 10.2 Å². The Morgan fingerprint density at radius 1 is 0.600 bits per heavy atom. The van der Waals surface area contributed by atoms with Crippen LogP contribution < -0.4 is 9.47 Å². The molecule has 4 nitrogen and oxygen atoms in total. The Hall–Kier alpha value is -2.04. The van der Waals surface area contributed by atoms with Crippen molar-refractivity contribution in [3.05, 3.63) is 57.6 Å². The summed E-state index contributed by atoms with van der Waals surface area (Å²) < 4.78 is 12.2. The summed E-state index contributed by atoms with van der Waals surface area (Å²) >= 11 is 0. The largest absolute Gasteiger partial charge is 0.491 e. The van der Waals surface area contributed by atoms with Crippen molar-refractivity contribution in [3.63, 3.8) is 0 Å². The van der Waals surface area contributed by atoms with Crippen molar-refractivity contribution in [2.45, 2.75) is 97.3 Å². The van der Waals surface area contributed by atoms with Crippen LogP contribution in [-0.2, 0) is 5.41 Å². The van der Waals surface area contributed by atoms with E-state index in [1.807, 2.05) is 0 Å². The van der Waals surface area contributed by atoms with Gasteiger partial charge in [-0.05, 0) is 69.9 Å². The first kappa shape index (κ1) is 27.5. The lowest BCUT2D eigenvalue weighted by molar-refractivity contribution is 0.198. The Balaban J connectivity index is 2.21. The number of hydrogen-bond donors (Lipinski definition) is 2. The van der Waals surface area contributed by atoms with Crippen LogP contribution in [0.25, 0.3) is 0 Å². The molecule has 0 atom stereocenters. The van der Waals surface area contributed by atoms with Gasteiger partial charge in [-0.1, -0.05) is 79.7 Å². The van der Waals surface area contributed by atoms with Crippen molar-refractivity contribution >= 4 is 0 Å². The van der Waals surface area contributed by atoms with Crippen LogP contribution in [0.1, 0.15) is 125 Å². The molecule has 3 rings (SSSR count). The minimum Gasteiger partial charge on any atom is -0.491 e. The summed E-state index contributed by atoms with van der Waals surface area (Å²) in [6, 6.07) is 9.43. The van der Waals surface area contributed by atoms with E-state index in [4.69, 9.17) is 9.47 Å². The minimum absolute atomic E-state index is 0.00553. The van der Waals surface area contributed by atoms with E-state index in [1.54, 1.807) is 0 Å². The van der Waals surface area contributed by atoms with Crippen LogP contribution in [0, 0.1) is 0 Å². The summed E-state index contributed by atoms with van der Waals surface area (Å²) in [6.07, 6.45) is 2.26. The fraction of sp³-hybridized carbons (Fsp3) is 0.613. The van der Waals surface area contributed by atoms with Crippen LogP contribution >= 0.6 is 0 Å². The maximum Gasteiger partial charge on any atom is 0.126 e. The summed E-state index contributed by atoms with van der Waals surface area (Å²) in [5.41, 5.74) is 7.64. The molecule has 0 aliphatic heterocycles. The van der Waals surface area contributed by atoms with Crippen molar-refractivity contribution in [1.29, 1.82) is 0 Å². The number of rotatable bonds is 12. The molecule has 0 radical (unpaired) electrons. The molecule has 0 spiro atoms. The standard InChI is InChI=1S/C31H46O4/c1-19(2)25-15-23(16-26(20(3)4)29(25)34-13-11-32)31(9-10-31)24-17-27(21(5)6)30(35-14-12-33)28(18-24)22(7)8/h15-22,32-33H,9-14H2,1-8H3. The van der Waals surface area contributed by atoms with Gasteiger partial charge in [0.2, 0.25) is 0 Å². The van der Waals surface area contributed by atoms with Gasteiger partial charge in [0.25, 0.3) is 0 Å². The first-order valence-corrected chi connectivity index (χ1v) is 13.4. The average molecular weight is 483 g/mol. The summed E-state index contributed by atoms with van der Waals surface area (Å²) in [4.78, 5) is 0. The Morgan fingerprint density at radius 3 is 1.09 bits per heavy atom. The van der Waals surface area contributed by atoms with Crippen LogP contribution in [0.3, 0.4) is 0 Å². The zero-order chi connectivity index (χ0) is 25.9. The molecule has 0 aromatic heterocycles. The van der Waals surface area contributed by atoms with Gasteiger partial charge in [-0.25, -0.2) is 0 Å². The van der Waals surface area contributed by atoms with Gasteiger partial charge in [0.05, 0.1) is 13.2 Å². The predicted molar refractivity (Wildman–Crippen MR) is 144 cm³/mol. The van der Waals surface area contributed by atoms with Gasteiger partial charge in [-0.3, -0.25) is 0 Å². The monoisotopic (exact) mass is 482 g/mol. The van der Waals surface area contributed by atoms with E-state index in [-0.39, 0.29) is 18.6 Å². The van der Waals surface area contributed by atoms with Crippen molar-refractivity contribution in [2.24, 2.45) is 0 Å². The molecule has 0 unspecified atom stereocenters. The van der Waals surface area contributed by atoms with Crippen LogP contribution in [0.2, 0.25) is 0 Å². The maximum absolute atomic E-state index is 9.40. The van der Waals surface area contributed by atoms with Crippen molar-refractivity contribution in [3.8, 4) is 11.5 Å². The van der Waals surface area contributed by atoms with Gasteiger partial charge >= 0.3 is 0 Å². The van der Waals surface area contributed by atoms with Gasteiger partial charge in [-0.2, -0.15) is 0 Å². The third kappa shape index (κ3) is 5.70. The molecule has 2 N–H and O–H groups in total. The van der Waals surface area contributed by atoms with Gasteiger partial charge in [0.15, 0.2) is 0 Å². The number of ether oxygens (including phenoxy) is 2. The second-order valence-corrected chi connectivity index (χ2v) is 11.3. The Kier molecular flexibility index (Phi) is 8.93. The van der Waals surface area contributed by atoms with Crippen molar-refractivity contribution < 1.29 is 19.7 Å². The minimum atomic E-state index is 0.00553. The Bertz CT molecular complexity index is 864. The number of aliphatic hydroxyl groups is 2. The van der Waals surface area contributed by atoms with Gasteiger partial charge < -0.3 is 19.7 Å². The van der Waals surface area contributed by atoms with E-state index < -0.39 is 0 Å². The predicted octanol–water partition coefficient (Wildman–Crippen LogP) is 7.00. The molecule has 1 aliphatic rings. The second-order valence-electron chi connectivity index (χ2n) is 11.3. The van der Waals surface area contributed by atoms with E-state index in [0.29, 0.717) is 36.9 Å². The van der Waals surface area contributed by atoms with Crippen LogP contribution in [0.5, 0.6) is 11.5 Å². The summed E-state index contributed by atoms with van der Waals surface area (Å²) in [5, 5.41) is 18.8. The molecule has 1 fully saturated rings. The first-order chi connectivity index (χ1) is 16.6. The smallest absolute Gasteiger partial charge is 0.126 e. The lowest BCUT2D eigenvalue weighted by Gasteiger charge is -2.27. The normalized spacial score (nSPS) is 14.9. The molecular formula is C31H46O4. The number of aliphatic hydroxyl groups excluding tert-OH is 2. The molecule has 4 heteroatoms. The SMILES string of the molecule is CC(C)c1cc(C2(c3cc(C(C)C)c(OCCO)c(C(C)C)c3)CC2)cc(C(C)C)c1OCCO. The highest BCUT2D eigenvalue weighted by Crippen LogP contribution is 2.56.